The second-order valence-corrected chi connectivity index (χ2v) is 5.02. The van der Waals surface area contributed by atoms with Crippen molar-refractivity contribution < 1.29 is 14.3 Å². The third kappa shape index (κ3) is 3.33. The molecule has 1 amide bonds. The fraction of sp³-hybridized carbons (Fsp3) is 0.0556. The molecule has 0 aliphatic rings. The molecule has 6 nitrogen and oxygen atoms in total. The van der Waals surface area contributed by atoms with Gasteiger partial charge < -0.3 is 14.6 Å². The van der Waals surface area contributed by atoms with Crippen molar-refractivity contribution in [2.75, 3.05) is 12.4 Å². The number of anilines is 1. The maximum Gasteiger partial charge on any atom is 0.339 e. The molecule has 0 aliphatic carbocycles. The van der Waals surface area contributed by atoms with E-state index in [1.807, 2.05) is 41.2 Å². The first kappa shape index (κ1) is 15.5. The Bertz CT molecular complexity index is 838. The summed E-state index contributed by atoms with van der Waals surface area (Å²) in [5.74, 6) is -0.379. The van der Waals surface area contributed by atoms with Crippen LogP contribution in [-0.4, -0.2) is 28.5 Å². The van der Waals surface area contributed by atoms with Gasteiger partial charge in [0.25, 0.3) is 5.91 Å². The van der Waals surface area contributed by atoms with E-state index in [-0.39, 0.29) is 5.91 Å². The zero-order valence-electron chi connectivity index (χ0n) is 13.0. The summed E-state index contributed by atoms with van der Waals surface area (Å²) in [5.41, 5.74) is 1.81. The maximum atomic E-state index is 12.2. The molecule has 0 bridgehead atoms. The standard InChI is InChI=1S/C18H15N3O3/c1-24-18(23)14-6-9-16(19-12-14)20-17(22)13-4-7-15(8-5-13)21-10-2-3-11-21/h2-12H,1H3,(H,19,20,22). The Kier molecular flexibility index (Phi) is 4.38. The zero-order chi connectivity index (χ0) is 16.9. The van der Waals surface area contributed by atoms with Crippen LogP contribution < -0.4 is 5.32 Å². The van der Waals surface area contributed by atoms with E-state index in [1.54, 1.807) is 24.3 Å². The van der Waals surface area contributed by atoms with Gasteiger partial charge in [-0.25, -0.2) is 9.78 Å². The van der Waals surface area contributed by atoms with Gasteiger partial charge >= 0.3 is 5.97 Å². The first-order valence-electron chi connectivity index (χ1n) is 7.26. The lowest BCUT2D eigenvalue weighted by molar-refractivity contribution is 0.0600. The second kappa shape index (κ2) is 6.78. The minimum Gasteiger partial charge on any atom is -0.465 e. The number of methoxy groups -OCH3 is 1. The van der Waals surface area contributed by atoms with Crippen LogP contribution in [0.3, 0.4) is 0 Å². The van der Waals surface area contributed by atoms with Gasteiger partial charge in [0.2, 0.25) is 0 Å². The number of pyridine rings is 1. The first-order chi connectivity index (χ1) is 11.7. The molecule has 2 aromatic heterocycles. The normalized spacial score (nSPS) is 10.2. The molecule has 0 saturated heterocycles. The van der Waals surface area contributed by atoms with Crippen LogP contribution in [0.15, 0.2) is 67.1 Å². The lowest BCUT2D eigenvalue weighted by Crippen LogP contribution is -2.13. The van der Waals surface area contributed by atoms with Crippen molar-refractivity contribution in [1.82, 2.24) is 9.55 Å². The Hall–Kier alpha value is -3.41. The number of ether oxygens (including phenoxy) is 1. The minimum atomic E-state index is -0.471. The smallest absolute Gasteiger partial charge is 0.339 e. The average Bonchev–Trinajstić information content (AvgIpc) is 3.16. The fourth-order valence-corrected chi connectivity index (χ4v) is 2.19. The van der Waals surface area contributed by atoms with Crippen molar-refractivity contribution >= 4 is 17.7 Å². The Morgan fingerprint density at radius 2 is 1.67 bits per heavy atom. The Balaban J connectivity index is 1.69. The van der Waals surface area contributed by atoms with E-state index < -0.39 is 5.97 Å². The number of hydrogen-bond donors (Lipinski definition) is 1. The number of hydrogen-bond acceptors (Lipinski definition) is 4. The molecule has 2 heterocycles. The second-order valence-electron chi connectivity index (χ2n) is 5.02. The van der Waals surface area contributed by atoms with Crippen molar-refractivity contribution in [3.05, 3.63) is 78.2 Å². The molecular formula is C18H15N3O3. The molecule has 0 fully saturated rings. The molecule has 0 atom stereocenters. The van der Waals surface area contributed by atoms with E-state index in [9.17, 15) is 9.59 Å². The van der Waals surface area contributed by atoms with Crippen molar-refractivity contribution in [1.29, 1.82) is 0 Å². The average molecular weight is 321 g/mol. The van der Waals surface area contributed by atoms with Gasteiger partial charge in [-0.1, -0.05) is 0 Å². The zero-order valence-corrected chi connectivity index (χ0v) is 13.0. The highest BCUT2D eigenvalue weighted by Crippen LogP contribution is 2.12. The first-order valence-corrected chi connectivity index (χ1v) is 7.26. The monoisotopic (exact) mass is 321 g/mol. The number of nitrogens with zero attached hydrogens (tertiary/aromatic N) is 2. The number of rotatable bonds is 4. The van der Waals surface area contributed by atoms with Crippen LogP contribution in [0.1, 0.15) is 20.7 Å². The van der Waals surface area contributed by atoms with Gasteiger partial charge in [-0.2, -0.15) is 0 Å². The van der Waals surface area contributed by atoms with Crippen molar-refractivity contribution in [3.8, 4) is 5.69 Å². The van der Waals surface area contributed by atoms with E-state index in [1.165, 1.54) is 13.3 Å². The highest BCUT2D eigenvalue weighted by molar-refractivity contribution is 6.04. The van der Waals surface area contributed by atoms with Gasteiger partial charge in [0, 0.05) is 29.8 Å². The van der Waals surface area contributed by atoms with Crippen molar-refractivity contribution in [3.63, 3.8) is 0 Å². The molecule has 0 radical (unpaired) electrons. The Morgan fingerprint density at radius 3 is 2.25 bits per heavy atom. The molecular weight excluding hydrogens is 306 g/mol. The largest absolute Gasteiger partial charge is 0.465 e. The quantitative estimate of drug-likeness (QED) is 0.750. The summed E-state index contributed by atoms with van der Waals surface area (Å²) in [6.07, 6.45) is 5.22. The number of nitrogens with one attached hydrogen (secondary N) is 1. The maximum absolute atomic E-state index is 12.2. The molecule has 0 aliphatic heterocycles. The van der Waals surface area contributed by atoms with Crippen LogP contribution in [0, 0.1) is 0 Å². The minimum absolute atomic E-state index is 0.271. The Morgan fingerprint density at radius 1 is 1.00 bits per heavy atom. The van der Waals surface area contributed by atoms with Crippen LogP contribution in [0.5, 0.6) is 0 Å². The number of amides is 1. The van der Waals surface area contributed by atoms with Crippen LogP contribution >= 0.6 is 0 Å². The number of benzene rings is 1. The number of carbonyl (C=O) groups excluding carboxylic acids is 2. The number of aromatic nitrogens is 2. The third-order valence-corrected chi connectivity index (χ3v) is 3.46. The Labute approximate surface area is 138 Å². The topological polar surface area (TPSA) is 73.2 Å². The van der Waals surface area contributed by atoms with Crippen LogP contribution in [-0.2, 0) is 4.74 Å². The molecule has 0 unspecified atom stereocenters. The summed E-state index contributed by atoms with van der Waals surface area (Å²) in [7, 11) is 1.30. The van der Waals surface area contributed by atoms with E-state index in [2.05, 4.69) is 15.0 Å². The van der Waals surface area contributed by atoms with Gasteiger partial charge in [0.05, 0.1) is 12.7 Å². The summed E-state index contributed by atoms with van der Waals surface area (Å²) in [4.78, 5) is 27.6. The lowest BCUT2D eigenvalue weighted by Gasteiger charge is -2.07. The summed E-state index contributed by atoms with van der Waals surface area (Å²) >= 11 is 0. The predicted molar refractivity (Wildman–Crippen MR) is 89.3 cm³/mol. The number of esters is 1. The highest BCUT2D eigenvalue weighted by Gasteiger charge is 2.09. The number of carbonyl (C=O) groups is 2. The molecule has 3 aromatic rings. The molecule has 3 rings (SSSR count). The predicted octanol–water partition coefficient (Wildman–Crippen LogP) is 2.91. The molecule has 24 heavy (non-hydrogen) atoms. The highest BCUT2D eigenvalue weighted by atomic mass is 16.5. The molecule has 0 saturated carbocycles. The molecule has 120 valence electrons. The van der Waals surface area contributed by atoms with Crippen molar-refractivity contribution in [2.24, 2.45) is 0 Å². The summed E-state index contributed by atoms with van der Waals surface area (Å²) in [5, 5.41) is 2.69. The van der Waals surface area contributed by atoms with Gasteiger partial charge in [-0.15, -0.1) is 0 Å². The summed E-state index contributed by atoms with van der Waals surface area (Å²) < 4.78 is 6.55. The van der Waals surface area contributed by atoms with Crippen LogP contribution in [0.4, 0.5) is 5.82 Å². The van der Waals surface area contributed by atoms with E-state index >= 15 is 0 Å². The van der Waals surface area contributed by atoms with Gasteiger partial charge in [-0.05, 0) is 48.5 Å². The van der Waals surface area contributed by atoms with E-state index in [0.717, 1.165) is 5.69 Å². The fourth-order valence-electron chi connectivity index (χ4n) is 2.19. The van der Waals surface area contributed by atoms with Gasteiger partial charge in [-0.3, -0.25) is 4.79 Å². The molecule has 6 heteroatoms. The van der Waals surface area contributed by atoms with E-state index in [4.69, 9.17) is 0 Å². The summed E-state index contributed by atoms with van der Waals surface area (Å²) in [6, 6.07) is 14.2. The van der Waals surface area contributed by atoms with Crippen molar-refractivity contribution in [2.45, 2.75) is 0 Å². The van der Waals surface area contributed by atoms with Gasteiger partial charge in [0.1, 0.15) is 5.82 Å². The summed E-state index contributed by atoms with van der Waals surface area (Å²) in [6.45, 7) is 0. The molecule has 1 N–H and O–H groups in total. The SMILES string of the molecule is COC(=O)c1ccc(NC(=O)c2ccc(-n3cccc3)cc2)nc1. The van der Waals surface area contributed by atoms with Crippen LogP contribution in [0.25, 0.3) is 5.69 Å². The molecule has 1 aromatic carbocycles. The lowest BCUT2D eigenvalue weighted by atomic mass is 10.2. The molecule has 0 spiro atoms. The third-order valence-electron chi connectivity index (χ3n) is 3.46. The van der Waals surface area contributed by atoms with Gasteiger partial charge in [0.15, 0.2) is 0 Å². The van der Waals surface area contributed by atoms with E-state index in [0.29, 0.717) is 16.9 Å². The van der Waals surface area contributed by atoms with Crippen LogP contribution in [0.2, 0.25) is 0 Å².